The lowest BCUT2D eigenvalue weighted by Gasteiger charge is -2.15. The molecule has 0 saturated heterocycles. The van der Waals surface area contributed by atoms with Crippen molar-refractivity contribution in [2.45, 2.75) is 13.8 Å². The first-order valence-corrected chi connectivity index (χ1v) is 6.88. The molecule has 2 aromatic rings. The van der Waals surface area contributed by atoms with E-state index in [2.05, 4.69) is 17.4 Å². The summed E-state index contributed by atoms with van der Waals surface area (Å²) in [6.07, 6.45) is 3.97. The summed E-state index contributed by atoms with van der Waals surface area (Å²) in [4.78, 5) is 12.5. The Morgan fingerprint density at radius 3 is 2.65 bits per heavy atom. The van der Waals surface area contributed by atoms with Crippen LogP contribution in [0.25, 0.3) is 17.2 Å². The van der Waals surface area contributed by atoms with Crippen molar-refractivity contribution in [3.63, 3.8) is 0 Å². The third kappa shape index (κ3) is 2.03. The number of rotatable bonds is 2. The van der Waals surface area contributed by atoms with E-state index >= 15 is 0 Å². The van der Waals surface area contributed by atoms with Gasteiger partial charge in [-0.25, -0.2) is 0 Å². The Morgan fingerprint density at radius 2 is 1.85 bits per heavy atom. The molecule has 2 aromatic carbocycles. The fourth-order valence-corrected chi connectivity index (χ4v) is 2.57. The summed E-state index contributed by atoms with van der Waals surface area (Å²) < 4.78 is 0. The van der Waals surface area contributed by atoms with E-state index in [-0.39, 0.29) is 11.7 Å². The highest BCUT2D eigenvalue weighted by Crippen LogP contribution is 2.37. The van der Waals surface area contributed by atoms with Crippen LogP contribution in [0.3, 0.4) is 0 Å². The van der Waals surface area contributed by atoms with Crippen molar-refractivity contribution in [2.75, 3.05) is 5.32 Å². The summed E-state index contributed by atoms with van der Waals surface area (Å²) in [7, 11) is 0. The van der Waals surface area contributed by atoms with E-state index in [4.69, 9.17) is 0 Å². The van der Waals surface area contributed by atoms with Gasteiger partial charge in [0.25, 0.3) is 0 Å². The van der Waals surface area contributed by atoms with Gasteiger partial charge in [-0.3, -0.25) is 4.79 Å². The standard InChI is InChI=1S/C18H17NO/c1-12(2)18(20)15-8-5-9-16-17(15)14-7-4-3-6-13(14)10-11-19-16/h3-12,19H,1-2H3. The van der Waals surface area contributed by atoms with Gasteiger partial charge in [0.15, 0.2) is 5.78 Å². The Labute approximate surface area is 119 Å². The van der Waals surface area contributed by atoms with Crippen LogP contribution in [0.15, 0.2) is 48.7 Å². The third-order valence-electron chi connectivity index (χ3n) is 3.59. The number of ketones is 1. The number of Topliss-reactive ketones (excluding diaryl/α,β-unsaturated/α-hetero) is 1. The monoisotopic (exact) mass is 263 g/mol. The number of benzene rings is 2. The molecule has 0 amide bonds. The molecule has 2 nitrogen and oxygen atoms in total. The van der Waals surface area contributed by atoms with E-state index < -0.39 is 0 Å². The maximum Gasteiger partial charge on any atom is 0.166 e. The molecule has 20 heavy (non-hydrogen) atoms. The van der Waals surface area contributed by atoms with E-state index in [1.54, 1.807) is 0 Å². The molecule has 1 N–H and O–H groups in total. The largest absolute Gasteiger partial charge is 0.361 e. The van der Waals surface area contributed by atoms with E-state index in [0.717, 1.165) is 27.9 Å². The summed E-state index contributed by atoms with van der Waals surface area (Å²) in [6, 6.07) is 14.0. The van der Waals surface area contributed by atoms with Crippen molar-refractivity contribution < 1.29 is 4.79 Å². The van der Waals surface area contributed by atoms with Gasteiger partial charge in [0.05, 0.1) is 0 Å². The minimum Gasteiger partial charge on any atom is -0.361 e. The van der Waals surface area contributed by atoms with Gasteiger partial charge in [0, 0.05) is 28.9 Å². The smallest absolute Gasteiger partial charge is 0.166 e. The number of hydrogen-bond acceptors (Lipinski definition) is 2. The van der Waals surface area contributed by atoms with Crippen molar-refractivity contribution in [3.8, 4) is 11.1 Å². The molecule has 0 spiro atoms. The fourth-order valence-electron chi connectivity index (χ4n) is 2.57. The molecule has 0 saturated carbocycles. The average molecular weight is 263 g/mol. The van der Waals surface area contributed by atoms with Crippen LogP contribution >= 0.6 is 0 Å². The van der Waals surface area contributed by atoms with Gasteiger partial charge in [0.2, 0.25) is 0 Å². The molecule has 3 rings (SSSR count). The predicted octanol–water partition coefficient (Wildman–Crippen LogP) is 4.59. The second-order valence-corrected chi connectivity index (χ2v) is 5.31. The Balaban J connectivity index is 2.30. The number of hydrogen-bond donors (Lipinski definition) is 1. The topological polar surface area (TPSA) is 29.1 Å². The van der Waals surface area contributed by atoms with Crippen LogP contribution in [0.1, 0.15) is 29.8 Å². The van der Waals surface area contributed by atoms with E-state index in [0.29, 0.717) is 0 Å². The number of nitrogens with one attached hydrogen (secondary N) is 1. The highest BCUT2D eigenvalue weighted by molar-refractivity contribution is 6.07. The Morgan fingerprint density at radius 1 is 1.05 bits per heavy atom. The molecule has 1 heterocycles. The summed E-state index contributed by atoms with van der Waals surface area (Å²) in [5.74, 6) is 0.172. The van der Waals surface area contributed by atoms with Gasteiger partial charge in [-0.05, 0) is 23.3 Å². The van der Waals surface area contributed by atoms with Crippen LogP contribution in [0.4, 0.5) is 5.69 Å². The Bertz CT molecular complexity index is 698. The zero-order chi connectivity index (χ0) is 14.1. The first-order chi connectivity index (χ1) is 9.68. The first-order valence-electron chi connectivity index (χ1n) is 6.88. The molecule has 0 bridgehead atoms. The van der Waals surface area contributed by atoms with Gasteiger partial charge < -0.3 is 5.32 Å². The zero-order valence-corrected chi connectivity index (χ0v) is 11.7. The lowest BCUT2D eigenvalue weighted by Crippen LogP contribution is -2.10. The number of fused-ring (bicyclic) bond motifs is 3. The van der Waals surface area contributed by atoms with Gasteiger partial charge in [-0.2, -0.15) is 0 Å². The SMILES string of the molecule is CC(C)C(=O)c1cccc2c1-c1ccccc1C=CN2. The molecular weight excluding hydrogens is 246 g/mol. The van der Waals surface area contributed by atoms with E-state index in [1.807, 2.05) is 56.5 Å². The minimum absolute atomic E-state index is 0.00938. The van der Waals surface area contributed by atoms with Crippen molar-refractivity contribution in [1.82, 2.24) is 0 Å². The second kappa shape index (κ2) is 4.97. The van der Waals surface area contributed by atoms with Crippen LogP contribution in [0.5, 0.6) is 0 Å². The molecule has 0 atom stereocenters. The Kier molecular flexibility index (Phi) is 3.15. The van der Waals surface area contributed by atoms with Crippen LogP contribution in [-0.4, -0.2) is 5.78 Å². The lowest BCUT2D eigenvalue weighted by molar-refractivity contribution is 0.0940. The van der Waals surface area contributed by atoms with Gasteiger partial charge in [0.1, 0.15) is 0 Å². The minimum atomic E-state index is -0.00938. The molecule has 100 valence electrons. The normalized spacial score (nSPS) is 12.3. The molecule has 0 aliphatic carbocycles. The van der Waals surface area contributed by atoms with Crippen molar-refractivity contribution in [1.29, 1.82) is 0 Å². The quantitative estimate of drug-likeness (QED) is 0.803. The molecule has 0 aromatic heterocycles. The van der Waals surface area contributed by atoms with Gasteiger partial charge >= 0.3 is 0 Å². The molecular formula is C18H17NO. The van der Waals surface area contributed by atoms with Gasteiger partial charge in [-0.15, -0.1) is 0 Å². The molecule has 1 aliphatic heterocycles. The maximum atomic E-state index is 12.5. The Hall–Kier alpha value is -2.35. The molecule has 2 heteroatoms. The van der Waals surface area contributed by atoms with E-state index in [9.17, 15) is 4.79 Å². The summed E-state index contributed by atoms with van der Waals surface area (Å²) >= 11 is 0. The van der Waals surface area contributed by atoms with Crippen molar-refractivity contribution >= 4 is 17.5 Å². The summed E-state index contributed by atoms with van der Waals surface area (Å²) in [5, 5.41) is 3.27. The van der Waals surface area contributed by atoms with Gasteiger partial charge in [-0.1, -0.05) is 50.2 Å². The molecule has 1 aliphatic rings. The van der Waals surface area contributed by atoms with Crippen molar-refractivity contribution in [2.24, 2.45) is 5.92 Å². The molecule has 0 fully saturated rings. The highest BCUT2D eigenvalue weighted by atomic mass is 16.1. The summed E-state index contributed by atoms with van der Waals surface area (Å²) in [5.41, 5.74) is 5.02. The fraction of sp³-hybridized carbons (Fsp3) is 0.167. The summed E-state index contributed by atoms with van der Waals surface area (Å²) in [6.45, 7) is 3.88. The maximum absolute atomic E-state index is 12.5. The number of carbonyl (C=O) groups is 1. The molecule has 0 radical (unpaired) electrons. The first kappa shape index (κ1) is 12.7. The molecule has 0 unspecified atom stereocenters. The average Bonchev–Trinajstić information content (AvgIpc) is 2.65. The van der Waals surface area contributed by atoms with Crippen LogP contribution in [-0.2, 0) is 0 Å². The van der Waals surface area contributed by atoms with Crippen LogP contribution < -0.4 is 5.32 Å². The lowest BCUT2D eigenvalue weighted by atomic mass is 9.89. The predicted molar refractivity (Wildman–Crippen MR) is 83.7 cm³/mol. The second-order valence-electron chi connectivity index (χ2n) is 5.31. The third-order valence-corrected chi connectivity index (χ3v) is 3.59. The highest BCUT2D eigenvalue weighted by Gasteiger charge is 2.20. The number of anilines is 1. The van der Waals surface area contributed by atoms with Crippen LogP contribution in [0.2, 0.25) is 0 Å². The number of carbonyl (C=O) groups excluding carboxylic acids is 1. The van der Waals surface area contributed by atoms with E-state index in [1.165, 1.54) is 0 Å². The zero-order valence-electron chi connectivity index (χ0n) is 11.7. The van der Waals surface area contributed by atoms with Crippen molar-refractivity contribution in [3.05, 3.63) is 59.8 Å². The van der Waals surface area contributed by atoms with Crippen LogP contribution in [0, 0.1) is 5.92 Å².